The van der Waals surface area contributed by atoms with Gasteiger partial charge in [0.25, 0.3) is 10.0 Å². The zero-order chi connectivity index (χ0) is 14.9. The van der Waals surface area contributed by atoms with Crippen LogP contribution in [0.3, 0.4) is 0 Å². The summed E-state index contributed by atoms with van der Waals surface area (Å²) in [6.07, 6.45) is 1.50. The van der Waals surface area contributed by atoms with Gasteiger partial charge in [-0.2, -0.15) is 0 Å². The lowest BCUT2D eigenvalue weighted by Gasteiger charge is -2.13. The quantitative estimate of drug-likeness (QED) is 0.636. The highest BCUT2D eigenvalue weighted by Crippen LogP contribution is 2.29. The fourth-order valence-corrected chi connectivity index (χ4v) is 3.70. The molecule has 8 heteroatoms. The zero-order valence-corrected chi connectivity index (χ0v) is 13.6. The Morgan fingerprint density at radius 2 is 2.05 bits per heavy atom. The van der Waals surface area contributed by atoms with Crippen LogP contribution in [0.25, 0.3) is 0 Å². The van der Waals surface area contributed by atoms with Crippen molar-refractivity contribution < 1.29 is 8.42 Å². The lowest BCUT2D eigenvalue weighted by molar-refractivity contribution is 0.601. The van der Waals surface area contributed by atoms with Gasteiger partial charge in [0.05, 0.1) is 11.4 Å². The predicted octanol–water partition coefficient (Wildman–Crippen LogP) is 3.19. The van der Waals surface area contributed by atoms with Crippen LogP contribution >= 0.6 is 27.5 Å². The molecule has 0 spiro atoms. The van der Waals surface area contributed by atoms with Crippen LogP contribution in [0, 0.1) is 6.92 Å². The van der Waals surface area contributed by atoms with E-state index >= 15 is 0 Å². The topological polar surface area (TPSA) is 85.1 Å². The molecule has 20 heavy (non-hydrogen) atoms. The summed E-state index contributed by atoms with van der Waals surface area (Å²) in [5.74, 6) is 0. The fraction of sp³-hybridized carbons (Fsp3) is 0.0833. The van der Waals surface area contributed by atoms with Gasteiger partial charge < -0.3 is 5.73 Å². The first-order chi connectivity index (χ1) is 9.31. The van der Waals surface area contributed by atoms with E-state index < -0.39 is 10.0 Å². The van der Waals surface area contributed by atoms with Gasteiger partial charge in [0.1, 0.15) is 4.90 Å². The molecule has 2 rings (SSSR count). The molecule has 0 saturated heterocycles. The molecule has 0 amide bonds. The lowest BCUT2D eigenvalue weighted by Crippen LogP contribution is -2.16. The number of aryl methyl sites for hydroxylation is 1. The SMILES string of the molecule is Cc1ccnc(Cl)c1NS(=O)(=O)c1cc(Br)ccc1N. The highest BCUT2D eigenvalue weighted by molar-refractivity contribution is 9.10. The van der Waals surface area contributed by atoms with E-state index in [1.165, 1.54) is 18.3 Å². The number of nitrogens with zero attached hydrogens (tertiary/aromatic N) is 1. The third-order valence-electron chi connectivity index (χ3n) is 2.61. The summed E-state index contributed by atoms with van der Waals surface area (Å²) in [7, 11) is -3.84. The molecule has 5 nitrogen and oxygen atoms in total. The molecule has 0 aliphatic heterocycles. The maximum absolute atomic E-state index is 12.4. The number of rotatable bonds is 3. The Hall–Kier alpha value is -1.31. The average molecular weight is 377 g/mol. The second-order valence-corrected chi connectivity index (χ2v) is 7.01. The monoisotopic (exact) mass is 375 g/mol. The molecule has 0 unspecified atom stereocenters. The van der Waals surface area contributed by atoms with Gasteiger partial charge in [0.2, 0.25) is 0 Å². The smallest absolute Gasteiger partial charge is 0.264 e. The third-order valence-corrected chi connectivity index (χ3v) is 4.80. The Morgan fingerprint density at radius 1 is 1.35 bits per heavy atom. The number of nitrogen functional groups attached to an aromatic ring is 1. The summed E-state index contributed by atoms with van der Waals surface area (Å²) < 4.78 is 27.8. The van der Waals surface area contributed by atoms with Crippen molar-refractivity contribution in [2.75, 3.05) is 10.5 Å². The molecule has 0 aliphatic carbocycles. The Labute approximate surface area is 130 Å². The van der Waals surface area contributed by atoms with Crippen LogP contribution in [0.15, 0.2) is 39.8 Å². The maximum atomic E-state index is 12.4. The molecular weight excluding hydrogens is 366 g/mol. The first-order valence-electron chi connectivity index (χ1n) is 5.50. The first kappa shape index (κ1) is 15.1. The Bertz CT molecular complexity index is 745. The Kier molecular flexibility index (Phi) is 4.22. The molecule has 0 aliphatic rings. The number of halogens is 2. The van der Waals surface area contributed by atoms with Gasteiger partial charge in [0, 0.05) is 10.7 Å². The molecule has 106 valence electrons. The Balaban J connectivity index is 2.49. The highest BCUT2D eigenvalue weighted by Gasteiger charge is 2.20. The third kappa shape index (κ3) is 3.05. The minimum Gasteiger partial charge on any atom is -0.398 e. The van der Waals surface area contributed by atoms with E-state index in [1.807, 2.05) is 0 Å². The molecule has 1 aromatic heterocycles. The summed E-state index contributed by atoms with van der Waals surface area (Å²) in [6, 6.07) is 6.26. The van der Waals surface area contributed by atoms with Crippen molar-refractivity contribution in [1.29, 1.82) is 0 Å². The zero-order valence-electron chi connectivity index (χ0n) is 10.4. The van der Waals surface area contributed by atoms with E-state index in [4.69, 9.17) is 17.3 Å². The number of hydrogen-bond acceptors (Lipinski definition) is 4. The minimum atomic E-state index is -3.84. The normalized spacial score (nSPS) is 11.3. The number of nitrogens with one attached hydrogen (secondary N) is 1. The van der Waals surface area contributed by atoms with Crippen LogP contribution in [0.1, 0.15) is 5.56 Å². The molecule has 3 N–H and O–H groups in total. The van der Waals surface area contributed by atoms with Crippen molar-refractivity contribution in [3.63, 3.8) is 0 Å². The van der Waals surface area contributed by atoms with Crippen LogP contribution in [0.4, 0.5) is 11.4 Å². The van der Waals surface area contributed by atoms with Crippen molar-refractivity contribution in [3.05, 3.63) is 45.7 Å². The summed E-state index contributed by atoms with van der Waals surface area (Å²) in [6.45, 7) is 1.73. The lowest BCUT2D eigenvalue weighted by atomic mass is 10.3. The second kappa shape index (κ2) is 5.59. The van der Waals surface area contributed by atoms with E-state index in [0.29, 0.717) is 10.0 Å². The number of anilines is 2. The van der Waals surface area contributed by atoms with E-state index in [1.54, 1.807) is 19.1 Å². The van der Waals surface area contributed by atoms with E-state index in [-0.39, 0.29) is 21.4 Å². The molecule has 1 heterocycles. The number of nitrogens with two attached hydrogens (primary N) is 1. The van der Waals surface area contributed by atoms with Gasteiger partial charge >= 0.3 is 0 Å². The molecule has 0 bridgehead atoms. The number of sulfonamides is 1. The van der Waals surface area contributed by atoms with Gasteiger partial charge in [0.15, 0.2) is 5.15 Å². The molecule has 1 aromatic carbocycles. The molecule has 0 radical (unpaired) electrons. The number of benzene rings is 1. The standard InChI is InChI=1S/C12H11BrClN3O2S/c1-7-4-5-16-12(14)11(7)17-20(18,19)10-6-8(13)2-3-9(10)15/h2-6,17H,15H2,1H3. The van der Waals surface area contributed by atoms with Crippen molar-refractivity contribution in [2.24, 2.45) is 0 Å². The molecule has 0 fully saturated rings. The van der Waals surface area contributed by atoms with Crippen molar-refractivity contribution in [1.82, 2.24) is 4.98 Å². The molecular formula is C12H11BrClN3O2S. The van der Waals surface area contributed by atoms with Crippen LogP contribution < -0.4 is 10.5 Å². The number of pyridine rings is 1. The van der Waals surface area contributed by atoms with Crippen molar-refractivity contribution >= 4 is 48.9 Å². The molecule has 0 saturated carbocycles. The van der Waals surface area contributed by atoms with Crippen molar-refractivity contribution in [2.45, 2.75) is 11.8 Å². The summed E-state index contributed by atoms with van der Waals surface area (Å²) in [5, 5.41) is 0.0853. The molecule has 2 aromatic rings. The summed E-state index contributed by atoms with van der Waals surface area (Å²) in [5.41, 5.74) is 6.78. The summed E-state index contributed by atoms with van der Waals surface area (Å²) in [4.78, 5) is 3.83. The van der Waals surface area contributed by atoms with Crippen LogP contribution in [0.5, 0.6) is 0 Å². The first-order valence-corrected chi connectivity index (χ1v) is 8.15. The van der Waals surface area contributed by atoms with Crippen LogP contribution in [0.2, 0.25) is 5.15 Å². The molecule has 0 atom stereocenters. The van der Waals surface area contributed by atoms with Gasteiger partial charge in [-0.25, -0.2) is 13.4 Å². The fourth-order valence-electron chi connectivity index (χ4n) is 1.58. The van der Waals surface area contributed by atoms with Gasteiger partial charge in [-0.3, -0.25) is 4.72 Å². The van der Waals surface area contributed by atoms with E-state index in [0.717, 1.165) is 0 Å². The van der Waals surface area contributed by atoms with Gasteiger partial charge in [-0.15, -0.1) is 0 Å². The predicted molar refractivity (Wildman–Crippen MR) is 83.3 cm³/mol. The Morgan fingerprint density at radius 3 is 2.70 bits per heavy atom. The largest absolute Gasteiger partial charge is 0.398 e. The number of hydrogen-bond donors (Lipinski definition) is 2. The number of aromatic nitrogens is 1. The van der Waals surface area contributed by atoms with Gasteiger partial charge in [-0.1, -0.05) is 27.5 Å². The second-order valence-electron chi connectivity index (χ2n) is 4.08. The highest BCUT2D eigenvalue weighted by atomic mass is 79.9. The van der Waals surface area contributed by atoms with E-state index in [2.05, 4.69) is 25.6 Å². The van der Waals surface area contributed by atoms with E-state index in [9.17, 15) is 8.42 Å². The maximum Gasteiger partial charge on any atom is 0.264 e. The summed E-state index contributed by atoms with van der Waals surface area (Å²) >= 11 is 9.13. The van der Waals surface area contributed by atoms with Gasteiger partial charge in [-0.05, 0) is 36.8 Å². The van der Waals surface area contributed by atoms with Crippen molar-refractivity contribution in [3.8, 4) is 0 Å². The van der Waals surface area contributed by atoms with Crippen LogP contribution in [-0.4, -0.2) is 13.4 Å². The minimum absolute atomic E-state index is 0.0220. The average Bonchev–Trinajstić information content (AvgIpc) is 2.37. The van der Waals surface area contributed by atoms with Crippen LogP contribution in [-0.2, 0) is 10.0 Å².